The molecule has 2 aromatic carbocycles. The summed E-state index contributed by atoms with van der Waals surface area (Å²) in [4.78, 5) is 6.81. The predicted octanol–water partition coefficient (Wildman–Crippen LogP) is 6.37. The molecule has 0 unspecified atom stereocenters. The number of anilines is 1. The molecule has 2 atom stereocenters. The van der Waals surface area contributed by atoms with Gasteiger partial charge >= 0.3 is 0 Å². The SMILES string of the molecule is CCc1ccc(N2C(=S)N[C@@H](c3ccccn3)[C@@H]2c2cc(C)n(-c3ccccc3F)c2C)cc1. The fourth-order valence-electron chi connectivity index (χ4n) is 4.93. The number of para-hydroxylation sites is 1. The Bertz CT molecular complexity index is 1330. The lowest BCUT2D eigenvalue weighted by Crippen LogP contribution is -2.29. The van der Waals surface area contributed by atoms with Crippen LogP contribution in [0.5, 0.6) is 0 Å². The van der Waals surface area contributed by atoms with Crippen LogP contribution in [0.15, 0.2) is 79.0 Å². The van der Waals surface area contributed by atoms with Crippen molar-refractivity contribution in [1.29, 1.82) is 0 Å². The van der Waals surface area contributed by atoms with Crippen molar-refractivity contribution in [3.05, 3.63) is 113 Å². The highest BCUT2D eigenvalue weighted by molar-refractivity contribution is 7.80. The first-order valence-electron chi connectivity index (χ1n) is 11.5. The minimum absolute atomic E-state index is 0.137. The summed E-state index contributed by atoms with van der Waals surface area (Å²) < 4.78 is 16.8. The summed E-state index contributed by atoms with van der Waals surface area (Å²) >= 11 is 5.86. The van der Waals surface area contributed by atoms with Crippen molar-refractivity contribution in [2.75, 3.05) is 4.90 Å². The molecule has 1 aliphatic rings. The van der Waals surface area contributed by atoms with Crippen LogP contribution in [0.2, 0.25) is 0 Å². The van der Waals surface area contributed by atoms with Gasteiger partial charge in [-0.25, -0.2) is 4.39 Å². The third kappa shape index (κ3) is 3.78. The number of hydrogen-bond acceptors (Lipinski definition) is 2. The van der Waals surface area contributed by atoms with Crippen LogP contribution in [-0.2, 0) is 6.42 Å². The highest BCUT2D eigenvalue weighted by Gasteiger charge is 2.42. The van der Waals surface area contributed by atoms with Gasteiger partial charge in [0.1, 0.15) is 5.82 Å². The summed E-state index contributed by atoms with van der Waals surface area (Å²) in [6, 6.07) is 23.2. The topological polar surface area (TPSA) is 33.1 Å². The van der Waals surface area contributed by atoms with Gasteiger partial charge in [0.2, 0.25) is 0 Å². The zero-order valence-corrected chi connectivity index (χ0v) is 20.3. The molecule has 6 heteroatoms. The maximum atomic E-state index is 14.8. The van der Waals surface area contributed by atoms with Gasteiger partial charge in [-0.3, -0.25) is 4.98 Å². The Morgan fingerprint density at radius 1 is 1.00 bits per heavy atom. The van der Waals surface area contributed by atoms with Crippen LogP contribution in [0.3, 0.4) is 0 Å². The van der Waals surface area contributed by atoms with E-state index in [0.717, 1.165) is 34.8 Å². The van der Waals surface area contributed by atoms with E-state index in [9.17, 15) is 4.39 Å². The largest absolute Gasteiger partial charge is 0.351 e. The molecule has 4 aromatic rings. The van der Waals surface area contributed by atoms with Gasteiger partial charge in [0, 0.05) is 23.3 Å². The van der Waals surface area contributed by atoms with Gasteiger partial charge in [-0.05, 0) is 86.1 Å². The first-order chi connectivity index (χ1) is 16.5. The molecule has 0 radical (unpaired) electrons. The van der Waals surface area contributed by atoms with E-state index in [4.69, 9.17) is 12.2 Å². The molecule has 0 aliphatic carbocycles. The summed E-state index contributed by atoms with van der Waals surface area (Å²) in [7, 11) is 0. The highest BCUT2D eigenvalue weighted by atomic mass is 32.1. The zero-order valence-electron chi connectivity index (χ0n) is 19.5. The smallest absolute Gasteiger partial charge is 0.174 e. The molecule has 2 aromatic heterocycles. The molecule has 1 aliphatic heterocycles. The third-order valence-corrected chi connectivity index (χ3v) is 6.92. The lowest BCUT2D eigenvalue weighted by Gasteiger charge is -2.28. The van der Waals surface area contributed by atoms with Gasteiger partial charge in [0.05, 0.1) is 23.5 Å². The highest BCUT2D eigenvalue weighted by Crippen LogP contribution is 2.43. The minimum Gasteiger partial charge on any atom is -0.351 e. The summed E-state index contributed by atoms with van der Waals surface area (Å²) in [6.07, 6.45) is 2.78. The van der Waals surface area contributed by atoms with Gasteiger partial charge in [-0.1, -0.05) is 37.3 Å². The number of rotatable bonds is 5. The minimum atomic E-state index is -0.246. The summed E-state index contributed by atoms with van der Waals surface area (Å²) in [5.74, 6) is -0.246. The van der Waals surface area contributed by atoms with Crippen molar-refractivity contribution in [3.63, 3.8) is 0 Å². The Kier molecular flexibility index (Phi) is 5.92. The van der Waals surface area contributed by atoms with E-state index in [1.807, 2.05) is 48.7 Å². The molecule has 172 valence electrons. The molecule has 0 spiro atoms. The molecule has 0 saturated carbocycles. The van der Waals surface area contributed by atoms with Gasteiger partial charge in [0.25, 0.3) is 0 Å². The molecule has 0 amide bonds. The van der Waals surface area contributed by atoms with Gasteiger partial charge < -0.3 is 14.8 Å². The number of benzene rings is 2. The van der Waals surface area contributed by atoms with Crippen molar-refractivity contribution in [3.8, 4) is 5.69 Å². The number of hydrogen-bond donors (Lipinski definition) is 1. The van der Waals surface area contributed by atoms with Crippen LogP contribution in [0.4, 0.5) is 10.1 Å². The Balaban J connectivity index is 1.68. The van der Waals surface area contributed by atoms with Crippen molar-refractivity contribution < 1.29 is 4.39 Å². The van der Waals surface area contributed by atoms with Crippen LogP contribution >= 0.6 is 12.2 Å². The van der Waals surface area contributed by atoms with Crippen LogP contribution in [0.1, 0.15) is 47.2 Å². The summed E-state index contributed by atoms with van der Waals surface area (Å²) in [6.45, 7) is 6.21. The lowest BCUT2D eigenvalue weighted by atomic mass is 9.96. The fourth-order valence-corrected chi connectivity index (χ4v) is 5.28. The molecule has 3 heterocycles. The molecule has 1 N–H and O–H groups in total. The van der Waals surface area contributed by atoms with Crippen molar-refractivity contribution in [2.45, 2.75) is 39.3 Å². The number of aromatic nitrogens is 2. The number of aryl methyl sites for hydroxylation is 2. The Morgan fingerprint density at radius 2 is 1.74 bits per heavy atom. The van der Waals surface area contributed by atoms with Crippen molar-refractivity contribution in [1.82, 2.24) is 14.9 Å². The number of pyridine rings is 1. The number of nitrogens with zero attached hydrogens (tertiary/aromatic N) is 3. The molecule has 1 fully saturated rings. The first kappa shape index (κ1) is 22.3. The van der Waals surface area contributed by atoms with Crippen LogP contribution in [-0.4, -0.2) is 14.7 Å². The second-order valence-electron chi connectivity index (χ2n) is 8.63. The average Bonchev–Trinajstić information content (AvgIpc) is 3.35. The molecule has 1 saturated heterocycles. The van der Waals surface area contributed by atoms with Crippen LogP contribution in [0, 0.1) is 19.7 Å². The van der Waals surface area contributed by atoms with Crippen LogP contribution in [0.25, 0.3) is 5.69 Å². The monoisotopic (exact) mass is 470 g/mol. The van der Waals surface area contributed by atoms with Crippen LogP contribution < -0.4 is 10.2 Å². The second kappa shape index (κ2) is 9.03. The predicted molar refractivity (Wildman–Crippen MR) is 139 cm³/mol. The number of halogens is 1. The van der Waals surface area contributed by atoms with E-state index in [2.05, 4.69) is 52.5 Å². The normalized spacial score (nSPS) is 17.8. The van der Waals surface area contributed by atoms with E-state index in [1.165, 1.54) is 11.6 Å². The Morgan fingerprint density at radius 3 is 2.41 bits per heavy atom. The maximum absolute atomic E-state index is 14.8. The molecular formula is C28H27FN4S. The van der Waals surface area contributed by atoms with E-state index in [0.29, 0.717) is 10.8 Å². The average molecular weight is 471 g/mol. The Hall–Kier alpha value is -3.51. The first-order valence-corrected chi connectivity index (χ1v) is 11.9. The maximum Gasteiger partial charge on any atom is 0.174 e. The van der Waals surface area contributed by atoms with E-state index < -0.39 is 0 Å². The fraction of sp³-hybridized carbons (Fsp3) is 0.214. The summed E-state index contributed by atoms with van der Waals surface area (Å²) in [5.41, 5.74) is 6.80. The summed E-state index contributed by atoms with van der Waals surface area (Å²) in [5, 5.41) is 4.17. The molecular weight excluding hydrogens is 443 g/mol. The van der Waals surface area contributed by atoms with Gasteiger partial charge in [-0.2, -0.15) is 0 Å². The molecule has 4 nitrogen and oxygen atoms in total. The van der Waals surface area contributed by atoms with Gasteiger partial charge in [0.15, 0.2) is 5.11 Å². The lowest BCUT2D eigenvalue weighted by molar-refractivity contribution is 0.564. The molecule has 34 heavy (non-hydrogen) atoms. The standard InChI is InChI=1S/C28H27FN4S/c1-4-20-12-14-21(15-13-20)33-27(26(31-28(33)34)24-10-7-8-16-30-24)22-17-18(2)32(19(22)3)25-11-6-5-9-23(25)29/h5-17,26-27H,4H2,1-3H3,(H,31,34)/t26-,27-/m0/s1. The van der Waals surface area contributed by atoms with Gasteiger partial charge in [-0.15, -0.1) is 0 Å². The molecule has 5 rings (SSSR count). The van der Waals surface area contributed by atoms with E-state index in [1.54, 1.807) is 12.3 Å². The second-order valence-corrected chi connectivity index (χ2v) is 9.02. The zero-order chi connectivity index (χ0) is 23.8. The Labute approximate surface area is 205 Å². The van der Waals surface area contributed by atoms with E-state index >= 15 is 0 Å². The number of nitrogens with one attached hydrogen (secondary N) is 1. The van der Waals surface area contributed by atoms with Crippen molar-refractivity contribution in [2.24, 2.45) is 0 Å². The number of thiocarbonyl (C=S) groups is 1. The van der Waals surface area contributed by atoms with E-state index in [-0.39, 0.29) is 17.9 Å². The van der Waals surface area contributed by atoms with Crippen molar-refractivity contribution >= 4 is 23.0 Å². The third-order valence-electron chi connectivity index (χ3n) is 6.60. The quantitative estimate of drug-likeness (QED) is 0.344. The molecule has 0 bridgehead atoms.